The largest absolute Gasteiger partial charge is 0.459 e. The van der Waals surface area contributed by atoms with Gasteiger partial charge in [0.2, 0.25) is 0 Å². The Morgan fingerprint density at radius 2 is 1.64 bits per heavy atom. The van der Waals surface area contributed by atoms with E-state index < -0.39 is 0 Å². The van der Waals surface area contributed by atoms with Gasteiger partial charge in [-0.2, -0.15) is 0 Å². The lowest BCUT2D eigenvalue weighted by Crippen LogP contribution is -2.50. The fourth-order valence-corrected chi connectivity index (χ4v) is 3.54. The molecule has 0 spiro atoms. The Balaban J connectivity index is 1.54. The van der Waals surface area contributed by atoms with Gasteiger partial charge in [0, 0.05) is 37.8 Å². The molecule has 3 aromatic rings. The Labute approximate surface area is 163 Å². The SMILES string of the molecule is CC(C)(C)c1nc(C(=O)N2CCN(C(=O)c3ccco3)CC2)c2ccccn12. The minimum absolute atomic E-state index is 0.0932. The van der Waals surface area contributed by atoms with E-state index in [2.05, 4.69) is 20.8 Å². The summed E-state index contributed by atoms with van der Waals surface area (Å²) in [6.45, 7) is 8.16. The summed E-state index contributed by atoms with van der Waals surface area (Å²) in [5.41, 5.74) is 1.10. The highest BCUT2D eigenvalue weighted by atomic mass is 16.3. The van der Waals surface area contributed by atoms with Gasteiger partial charge in [-0.3, -0.25) is 9.59 Å². The lowest BCUT2D eigenvalue weighted by molar-refractivity contribution is 0.0516. The first-order valence-electron chi connectivity index (χ1n) is 9.46. The van der Waals surface area contributed by atoms with Crippen molar-refractivity contribution in [2.24, 2.45) is 0 Å². The van der Waals surface area contributed by atoms with E-state index in [9.17, 15) is 9.59 Å². The summed E-state index contributed by atoms with van der Waals surface area (Å²) >= 11 is 0. The number of amides is 2. The van der Waals surface area contributed by atoms with E-state index >= 15 is 0 Å². The molecular formula is C21H24N4O3. The number of furan rings is 1. The Hall–Kier alpha value is -3.09. The van der Waals surface area contributed by atoms with Crippen molar-refractivity contribution in [1.82, 2.24) is 19.2 Å². The average molecular weight is 380 g/mol. The fourth-order valence-electron chi connectivity index (χ4n) is 3.54. The molecule has 7 nitrogen and oxygen atoms in total. The van der Waals surface area contributed by atoms with Crippen molar-refractivity contribution >= 4 is 17.3 Å². The van der Waals surface area contributed by atoms with Crippen LogP contribution in [-0.2, 0) is 5.41 Å². The van der Waals surface area contributed by atoms with Crippen molar-refractivity contribution in [2.45, 2.75) is 26.2 Å². The Morgan fingerprint density at radius 1 is 0.964 bits per heavy atom. The van der Waals surface area contributed by atoms with Gasteiger partial charge in [-0.15, -0.1) is 0 Å². The number of rotatable bonds is 2. The lowest BCUT2D eigenvalue weighted by atomic mass is 9.96. The van der Waals surface area contributed by atoms with Gasteiger partial charge in [0.15, 0.2) is 11.5 Å². The number of pyridine rings is 1. The smallest absolute Gasteiger partial charge is 0.289 e. The van der Waals surface area contributed by atoms with Gasteiger partial charge >= 0.3 is 0 Å². The van der Waals surface area contributed by atoms with Gasteiger partial charge in [-0.1, -0.05) is 26.8 Å². The summed E-state index contributed by atoms with van der Waals surface area (Å²) in [6, 6.07) is 9.14. The second-order valence-electron chi connectivity index (χ2n) is 8.05. The molecule has 7 heteroatoms. The standard InChI is InChI=1S/C21H24N4O3/c1-21(2,3)20-22-17(15-7-4-5-9-25(15)20)19(27)24-12-10-23(11-13-24)18(26)16-8-6-14-28-16/h4-9,14H,10-13H2,1-3H3. The summed E-state index contributed by atoms with van der Waals surface area (Å²) in [5.74, 6) is 0.955. The number of piperazine rings is 1. The maximum Gasteiger partial charge on any atom is 0.289 e. The van der Waals surface area contributed by atoms with Crippen LogP contribution in [0.5, 0.6) is 0 Å². The Bertz CT molecular complexity index is 1010. The molecule has 0 unspecified atom stereocenters. The Kier molecular flexibility index (Phi) is 4.45. The molecule has 0 aromatic carbocycles. The quantitative estimate of drug-likeness (QED) is 0.685. The molecule has 4 rings (SSSR count). The predicted molar refractivity (Wildman–Crippen MR) is 104 cm³/mol. The molecule has 3 aromatic heterocycles. The molecule has 28 heavy (non-hydrogen) atoms. The molecule has 146 valence electrons. The van der Waals surface area contributed by atoms with Crippen LogP contribution in [0.25, 0.3) is 5.52 Å². The second-order valence-corrected chi connectivity index (χ2v) is 8.05. The van der Waals surface area contributed by atoms with Crippen LogP contribution in [0.3, 0.4) is 0 Å². The summed E-state index contributed by atoms with van der Waals surface area (Å²) in [4.78, 5) is 33.8. The molecule has 2 amide bonds. The third-order valence-electron chi connectivity index (χ3n) is 5.01. The van der Waals surface area contributed by atoms with E-state index in [-0.39, 0.29) is 17.2 Å². The number of hydrogen-bond acceptors (Lipinski definition) is 4. The lowest BCUT2D eigenvalue weighted by Gasteiger charge is -2.34. The van der Waals surface area contributed by atoms with Crippen molar-refractivity contribution in [2.75, 3.05) is 26.2 Å². The number of carbonyl (C=O) groups excluding carboxylic acids is 2. The molecule has 0 N–H and O–H groups in total. The highest BCUT2D eigenvalue weighted by molar-refractivity contribution is 5.99. The normalized spacial score (nSPS) is 15.2. The Morgan fingerprint density at radius 3 is 2.25 bits per heavy atom. The molecule has 1 aliphatic rings. The van der Waals surface area contributed by atoms with Crippen molar-refractivity contribution in [1.29, 1.82) is 0 Å². The molecule has 1 fully saturated rings. The molecule has 0 bridgehead atoms. The summed E-state index contributed by atoms with van der Waals surface area (Å²) in [6.07, 6.45) is 3.43. The minimum atomic E-state index is -0.184. The summed E-state index contributed by atoms with van der Waals surface area (Å²) in [7, 11) is 0. The zero-order valence-corrected chi connectivity index (χ0v) is 16.4. The summed E-state index contributed by atoms with van der Waals surface area (Å²) < 4.78 is 7.18. The number of aromatic nitrogens is 2. The number of fused-ring (bicyclic) bond motifs is 1. The van der Waals surface area contributed by atoms with Crippen molar-refractivity contribution in [3.63, 3.8) is 0 Å². The second kappa shape index (κ2) is 6.82. The molecule has 4 heterocycles. The van der Waals surface area contributed by atoms with Crippen LogP contribution < -0.4 is 0 Å². The van der Waals surface area contributed by atoms with Crippen molar-refractivity contribution < 1.29 is 14.0 Å². The average Bonchev–Trinajstić information content (AvgIpc) is 3.35. The zero-order chi connectivity index (χ0) is 19.9. The number of imidazole rings is 1. The monoisotopic (exact) mass is 380 g/mol. The van der Waals surface area contributed by atoms with Gasteiger partial charge in [-0.25, -0.2) is 4.98 Å². The van der Waals surface area contributed by atoms with Crippen LogP contribution in [0.15, 0.2) is 47.2 Å². The van der Waals surface area contributed by atoms with E-state index in [1.165, 1.54) is 6.26 Å². The van der Waals surface area contributed by atoms with Crippen LogP contribution in [-0.4, -0.2) is 57.2 Å². The summed E-state index contributed by atoms with van der Waals surface area (Å²) in [5, 5.41) is 0. The van der Waals surface area contributed by atoms with Crippen molar-refractivity contribution in [3.8, 4) is 0 Å². The maximum atomic E-state index is 13.2. The minimum Gasteiger partial charge on any atom is -0.459 e. The highest BCUT2D eigenvalue weighted by Gasteiger charge is 2.30. The van der Waals surface area contributed by atoms with Crippen LogP contribution in [0.2, 0.25) is 0 Å². The van der Waals surface area contributed by atoms with Crippen LogP contribution in [0, 0.1) is 0 Å². The van der Waals surface area contributed by atoms with Crippen molar-refractivity contribution in [3.05, 3.63) is 60.1 Å². The van der Waals surface area contributed by atoms with Gasteiger partial charge < -0.3 is 18.6 Å². The number of carbonyl (C=O) groups is 2. The predicted octanol–water partition coefficient (Wildman–Crippen LogP) is 2.82. The molecular weight excluding hydrogens is 356 g/mol. The van der Waals surface area contributed by atoms with E-state index in [0.29, 0.717) is 37.6 Å². The zero-order valence-electron chi connectivity index (χ0n) is 16.4. The maximum absolute atomic E-state index is 13.2. The van der Waals surface area contributed by atoms with Crippen LogP contribution >= 0.6 is 0 Å². The van der Waals surface area contributed by atoms with Gasteiger partial charge in [-0.05, 0) is 24.3 Å². The molecule has 0 aliphatic carbocycles. The van der Waals surface area contributed by atoms with E-state index in [1.807, 2.05) is 28.8 Å². The van der Waals surface area contributed by atoms with Crippen LogP contribution in [0.4, 0.5) is 0 Å². The molecule has 0 saturated carbocycles. The van der Waals surface area contributed by atoms with E-state index in [1.54, 1.807) is 21.9 Å². The highest BCUT2D eigenvalue weighted by Crippen LogP contribution is 2.25. The van der Waals surface area contributed by atoms with Gasteiger partial charge in [0.1, 0.15) is 5.82 Å². The third kappa shape index (κ3) is 3.17. The molecule has 1 aliphatic heterocycles. The first-order chi connectivity index (χ1) is 13.4. The molecule has 1 saturated heterocycles. The van der Waals surface area contributed by atoms with Gasteiger partial charge in [0.05, 0.1) is 11.8 Å². The first kappa shape index (κ1) is 18.3. The topological polar surface area (TPSA) is 71.1 Å². The fraction of sp³-hybridized carbons (Fsp3) is 0.381. The van der Waals surface area contributed by atoms with Crippen LogP contribution in [0.1, 0.15) is 47.6 Å². The van der Waals surface area contributed by atoms with E-state index in [4.69, 9.17) is 9.40 Å². The molecule has 0 atom stereocenters. The molecule has 0 radical (unpaired) electrons. The first-order valence-corrected chi connectivity index (χ1v) is 9.46. The van der Waals surface area contributed by atoms with Gasteiger partial charge in [0.25, 0.3) is 11.8 Å². The number of hydrogen-bond donors (Lipinski definition) is 0. The number of nitrogens with zero attached hydrogens (tertiary/aromatic N) is 4. The van der Waals surface area contributed by atoms with E-state index in [0.717, 1.165) is 11.3 Å². The third-order valence-corrected chi connectivity index (χ3v) is 5.01.